The average molecular weight is 201 g/mol. The first-order valence-electron chi connectivity index (χ1n) is 4.13. The van der Waals surface area contributed by atoms with E-state index in [1.807, 2.05) is 18.2 Å². The fraction of sp³-hybridized carbons (Fsp3) is 0.100. The number of hydrogen-bond donors (Lipinski definition) is 0. The third kappa shape index (κ3) is 1.82. The molecule has 1 aromatic carbocycles. The maximum Gasteiger partial charge on any atom is 0.0890 e. The summed E-state index contributed by atoms with van der Waals surface area (Å²) in [6.45, 7) is 0.552. The van der Waals surface area contributed by atoms with Crippen LogP contribution in [-0.4, -0.2) is 15.1 Å². The second kappa shape index (κ2) is 4.05. The van der Waals surface area contributed by atoms with Crippen molar-refractivity contribution in [3.8, 4) is 0 Å². The Hall–Kier alpha value is -1.64. The van der Waals surface area contributed by atoms with Gasteiger partial charge in [0.15, 0.2) is 0 Å². The van der Waals surface area contributed by atoms with Gasteiger partial charge < -0.3 is 0 Å². The normalized spacial score (nSPS) is 9.71. The highest BCUT2D eigenvalue weighted by atomic mass is 32.1. The van der Waals surface area contributed by atoms with Crippen molar-refractivity contribution in [2.75, 3.05) is 0 Å². The molecule has 0 N–H and O–H groups in total. The lowest BCUT2D eigenvalue weighted by Gasteiger charge is -1.97. The molecule has 0 fully saturated rings. The molecule has 0 saturated carbocycles. The number of thiocarbonyl (C=S) groups is 1. The molecule has 2 rings (SSSR count). The van der Waals surface area contributed by atoms with Gasteiger partial charge in [-0.1, -0.05) is 6.07 Å². The zero-order chi connectivity index (χ0) is 9.80. The average Bonchev–Trinajstić information content (AvgIpc) is 2.26. The van der Waals surface area contributed by atoms with Crippen molar-refractivity contribution in [1.82, 2.24) is 9.97 Å². The van der Waals surface area contributed by atoms with E-state index in [-0.39, 0.29) is 0 Å². The van der Waals surface area contributed by atoms with Gasteiger partial charge in [0.05, 0.1) is 22.7 Å². The van der Waals surface area contributed by atoms with Crippen LogP contribution >= 0.6 is 12.2 Å². The Morgan fingerprint density at radius 3 is 2.79 bits per heavy atom. The van der Waals surface area contributed by atoms with Gasteiger partial charge in [-0.3, -0.25) is 9.97 Å². The Morgan fingerprint density at radius 1 is 1.21 bits per heavy atom. The van der Waals surface area contributed by atoms with E-state index in [2.05, 4.69) is 32.3 Å². The van der Waals surface area contributed by atoms with E-state index < -0.39 is 0 Å². The van der Waals surface area contributed by atoms with E-state index in [4.69, 9.17) is 0 Å². The molecule has 68 valence electrons. The number of fused-ring (bicyclic) bond motifs is 1. The molecular weight excluding hydrogens is 194 g/mol. The lowest BCUT2D eigenvalue weighted by atomic mass is 10.2. The predicted molar refractivity (Wildman–Crippen MR) is 58.3 cm³/mol. The highest BCUT2D eigenvalue weighted by molar-refractivity contribution is 7.78. The minimum absolute atomic E-state index is 0.552. The van der Waals surface area contributed by atoms with Gasteiger partial charge in [-0.15, -0.1) is 0 Å². The molecule has 0 unspecified atom stereocenters. The summed E-state index contributed by atoms with van der Waals surface area (Å²) in [5.41, 5.74) is 2.84. The molecular formula is C10H7N3S. The number of rotatable bonds is 2. The molecule has 3 nitrogen and oxygen atoms in total. The van der Waals surface area contributed by atoms with Crippen molar-refractivity contribution < 1.29 is 0 Å². The Balaban J connectivity index is 2.45. The number of aliphatic imine (C=N–C) groups is 1. The minimum atomic E-state index is 0.552. The van der Waals surface area contributed by atoms with Crippen LogP contribution in [0.3, 0.4) is 0 Å². The molecule has 4 heteroatoms. The lowest BCUT2D eigenvalue weighted by Crippen LogP contribution is -1.85. The summed E-state index contributed by atoms with van der Waals surface area (Å²) >= 11 is 4.50. The van der Waals surface area contributed by atoms with Crippen molar-refractivity contribution in [1.29, 1.82) is 0 Å². The molecule has 1 aromatic heterocycles. The van der Waals surface area contributed by atoms with Crippen molar-refractivity contribution >= 4 is 28.4 Å². The largest absolute Gasteiger partial charge is 0.253 e. The van der Waals surface area contributed by atoms with Gasteiger partial charge in [0.2, 0.25) is 0 Å². The van der Waals surface area contributed by atoms with Crippen molar-refractivity contribution in [2.24, 2.45) is 4.99 Å². The molecule has 0 saturated heterocycles. The molecule has 0 aliphatic heterocycles. The standard InChI is InChI=1S/C10H7N3S/c14-7-11-6-8-1-2-9-10(5-8)13-4-3-12-9/h1-5H,6H2. The van der Waals surface area contributed by atoms with Crippen LogP contribution in [0.5, 0.6) is 0 Å². The van der Waals surface area contributed by atoms with E-state index in [9.17, 15) is 0 Å². The summed E-state index contributed by atoms with van der Waals surface area (Å²) in [5, 5.41) is 2.34. The number of nitrogens with zero attached hydrogens (tertiary/aromatic N) is 3. The molecule has 0 spiro atoms. The molecule has 0 atom stereocenters. The molecule has 2 aromatic rings. The van der Waals surface area contributed by atoms with E-state index in [1.54, 1.807) is 12.4 Å². The topological polar surface area (TPSA) is 38.1 Å². The number of hydrogen-bond acceptors (Lipinski definition) is 4. The van der Waals surface area contributed by atoms with Crippen LogP contribution < -0.4 is 0 Å². The van der Waals surface area contributed by atoms with E-state index >= 15 is 0 Å². The summed E-state index contributed by atoms with van der Waals surface area (Å²) < 4.78 is 0. The lowest BCUT2D eigenvalue weighted by molar-refractivity contribution is 1.08. The fourth-order valence-electron chi connectivity index (χ4n) is 1.23. The van der Waals surface area contributed by atoms with Crippen molar-refractivity contribution in [3.05, 3.63) is 36.2 Å². The maximum atomic E-state index is 4.50. The summed E-state index contributed by atoms with van der Waals surface area (Å²) in [6.07, 6.45) is 3.35. The minimum Gasteiger partial charge on any atom is -0.253 e. The summed E-state index contributed by atoms with van der Waals surface area (Å²) in [7, 11) is 0. The van der Waals surface area contributed by atoms with Gasteiger partial charge in [-0.2, -0.15) is 0 Å². The molecule has 14 heavy (non-hydrogen) atoms. The number of aromatic nitrogens is 2. The number of benzene rings is 1. The Labute approximate surface area is 86.5 Å². The van der Waals surface area contributed by atoms with Crippen LogP contribution in [-0.2, 0) is 6.54 Å². The maximum absolute atomic E-state index is 4.50. The highest BCUT2D eigenvalue weighted by Crippen LogP contribution is 2.11. The van der Waals surface area contributed by atoms with Crippen LogP contribution in [0, 0.1) is 0 Å². The first kappa shape index (κ1) is 8.94. The summed E-state index contributed by atoms with van der Waals surface area (Å²) in [6, 6.07) is 5.85. The summed E-state index contributed by atoms with van der Waals surface area (Å²) in [4.78, 5) is 12.2. The van der Waals surface area contributed by atoms with Crippen LogP contribution in [0.25, 0.3) is 11.0 Å². The molecule has 1 heterocycles. The molecule has 0 amide bonds. The SMILES string of the molecule is S=C=NCc1ccc2nccnc2c1. The Morgan fingerprint density at radius 2 is 2.00 bits per heavy atom. The van der Waals surface area contributed by atoms with Crippen molar-refractivity contribution in [2.45, 2.75) is 6.54 Å². The Bertz CT molecular complexity index is 503. The van der Waals surface area contributed by atoms with E-state index in [0.29, 0.717) is 6.54 Å². The zero-order valence-corrected chi connectivity index (χ0v) is 8.16. The van der Waals surface area contributed by atoms with Crippen LogP contribution in [0.15, 0.2) is 35.6 Å². The van der Waals surface area contributed by atoms with Crippen LogP contribution in [0.1, 0.15) is 5.56 Å². The van der Waals surface area contributed by atoms with Gasteiger partial charge in [0.25, 0.3) is 0 Å². The predicted octanol–water partition coefficient (Wildman–Crippen LogP) is 2.23. The van der Waals surface area contributed by atoms with Crippen molar-refractivity contribution in [3.63, 3.8) is 0 Å². The smallest absolute Gasteiger partial charge is 0.0890 e. The third-order valence-electron chi connectivity index (χ3n) is 1.86. The van der Waals surface area contributed by atoms with Crippen LogP contribution in [0.4, 0.5) is 0 Å². The first-order valence-corrected chi connectivity index (χ1v) is 4.54. The monoisotopic (exact) mass is 201 g/mol. The van der Waals surface area contributed by atoms with E-state index in [1.165, 1.54) is 0 Å². The number of isothiocyanates is 1. The zero-order valence-electron chi connectivity index (χ0n) is 7.34. The van der Waals surface area contributed by atoms with Gasteiger partial charge >= 0.3 is 0 Å². The molecule has 0 aliphatic rings. The molecule has 0 aliphatic carbocycles. The molecule has 0 bridgehead atoms. The highest BCUT2D eigenvalue weighted by Gasteiger charge is 1.96. The van der Waals surface area contributed by atoms with Gasteiger partial charge in [0, 0.05) is 12.4 Å². The third-order valence-corrected chi connectivity index (χ3v) is 1.99. The van der Waals surface area contributed by atoms with Crippen LogP contribution in [0.2, 0.25) is 0 Å². The second-order valence-corrected chi connectivity index (χ2v) is 2.97. The Kier molecular flexibility index (Phi) is 2.58. The van der Waals surface area contributed by atoms with Gasteiger partial charge in [0.1, 0.15) is 0 Å². The van der Waals surface area contributed by atoms with Gasteiger partial charge in [-0.25, -0.2) is 4.99 Å². The van der Waals surface area contributed by atoms with Gasteiger partial charge in [-0.05, 0) is 29.9 Å². The first-order chi connectivity index (χ1) is 6.90. The quantitative estimate of drug-likeness (QED) is 0.552. The molecule has 0 radical (unpaired) electrons. The summed E-state index contributed by atoms with van der Waals surface area (Å²) in [5.74, 6) is 0. The fourth-order valence-corrected chi connectivity index (χ4v) is 1.30. The second-order valence-electron chi connectivity index (χ2n) is 2.79. The van der Waals surface area contributed by atoms with E-state index in [0.717, 1.165) is 16.6 Å².